The second-order valence-corrected chi connectivity index (χ2v) is 3.71. The number of hydrogen-bond acceptors (Lipinski definition) is 6. The molecule has 0 saturated heterocycles. The number of nitrogen functional groups attached to an aromatic ring is 1. The first-order valence-electron chi connectivity index (χ1n) is 5.11. The van der Waals surface area contributed by atoms with Crippen LogP contribution in [0.3, 0.4) is 0 Å². The summed E-state index contributed by atoms with van der Waals surface area (Å²) in [5.74, 6) is -1.16. The van der Waals surface area contributed by atoms with Crippen LogP contribution in [-0.4, -0.2) is 30.8 Å². The highest BCUT2D eigenvalue weighted by Crippen LogP contribution is 2.20. The van der Waals surface area contributed by atoms with Crippen molar-refractivity contribution in [2.75, 3.05) is 5.73 Å². The molecule has 0 aliphatic rings. The second kappa shape index (κ2) is 4.37. The monoisotopic (exact) mass is 263 g/mol. The van der Waals surface area contributed by atoms with Crippen molar-refractivity contribution in [1.82, 2.24) is 14.8 Å². The molecular formula is C10H9N5O4. The SMILES string of the molecule is Cc1nn(-c2ccc([N+](=O)[O-])c(N)n2)cc1C(=O)O. The Morgan fingerprint density at radius 3 is 2.68 bits per heavy atom. The summed E-state index contributed by atoms with van der Waals surface area (Å²) >= 11 is 0. The van der Waals surface area contributed by atoms with Gasteiger partial charge in [-0.3, -0.25) is 10.1 Å². The molecule has 0 spiro atoms. The van der Waals surface area contributed by atoms with Gasteiger partial charge in [-0.15, -0.1) is 0 Å². The lowest BCUT2D eigenvalue weighted by molar-refractivity contribution is -0.384. The van der Waals surface area contributed by atoms with E-state index >= 15 is 0 Å². The van der Waals surface area contributed by atoms with Gasteiger partial charge in [-0.1, -0.05) is 0 Å². The average Bonchev–Trinajstić information content (AvgIpc) is 2.70. The lowest BCUT2D eigenvalue weighted by atomic mass is 10.3. The smallest absolute Gasteiger partial charge is 0.339 e. The van der Waals surface area contributed by atoms with Gasteiger partial charge >= 0.3 is 11.7 Å². The molecule has 98 valence electrons. The van der Waals surface area contributed by atoms with Crippen LogP contribution in [0.15, 0.2) is 18.3 Å². The van der Waals surface area contributed by atoms with Gasteiger partial charge in [-0.25, -0.2) is 14.5 Å². The number of hydrogen-bond donors (Lipinski definition) is 2. The molecule has 0 fully saturated rings. The lowest BCUT2D eigenvalue weighted by Crippen LogP contribution is -2.04. The summed E-state index contributed by atoms with van der Waals surface area (Å²) in [6.45, 7) is 1.54. The third-order valence-corrected chi connectivity index (χ3v) is 2.45. The minimum atomic E-state index is -1.11. The Hall–Kier alpha value is -2.97. The summed E-state index contributed by atoms with van der Waals surface area (Å²) in [6.07, 6.45) is 1.27. The van der Waals surface area contributed by atoms with Gasteiger partial charge < -0.3 is 10.8 Å². The number of nitrogens with two attached hydrogens (primary N) is 1. The Balaban J connectivity index is 2.48. The number of nitrogens with zero attached hydrogens (tertiary/aromatic N) is 4. The molecular weight excluding hydrogens is 254 g/mol. The van der Waals surface area contributed by atoms with Crippen molar-refractivity contribution in [3.8, 4) is 5.82 Å². The molecule has 2 heterocycles. The normalized spacial score (nSPS) is 10.4. The third kappa shape index (κ3) is 2.20. The fraction of sp³-hybridized carbons (Fsp3) is 0.100. The molecule has 0 bridgehead atoms. The van der Waals surface area contributed by atoms with E-state index in [1.165, 1.54) is 29.9 Å². The highest BCUT2D eigenvalue weighted by atomic mass is 16.6. The minimum Gasteiger partial charge on any atom is -0.478 e. The Morgan fingerprint density at radius 2 is 2.21 bits per heavy atom. The van der Waals surface area contributed by atoms with Crippen molar-refractivity contribution in [1.29, 1.82) is 0 Å². The van der Waals surface area contributed by atoms with Gasteiger partial charge in [-0.05, 0) is 13.0 Å². The molecule has 2 aromatic rings. The maximum absolute atomic E-state index is 10.9. The molecule has 0 saturated carbocycles. The Morgan fingerprint density at radius 1 is 1.53 bits per heavy atom. The fourth-order valence-corrected chi connectivity index (χ4v) is 1.53. The molecule has 0 unspecified atom stereocenters. The highest BCUT2D eigenvalue weighted by Gasteiger charge is 2.16. The summed E-state index contributed by atoms with van der Waals surface area (Å²) in [5, 5.41) is 23.5. The topological polar surface area (TPSA) is 137 Å². The van der Waals surface area contributed by atoms with Gasteiger partial charge in [0.2, 0.25) is 5.82 Å². The van der Waals surface area contributed by atoms with Gasteiger partial charge in [0, 0.05) is 12.3 Å². The number of carboxylic acid groups (broad SMARTS) is 1. The minimum absolute atomic E-state index is 0.0266. The predicted octanol–water partition coefficient (Wildman–Crippen LogP) is 0.764. The van der Waals surface area contributed by atoms with Gasteiger partial charge in [0.15, 0.2) is 5.82 Å². The number of anilines is 1. The lowest BCUT2D eigenvalue weighted by Gasteiger charge is -2.01. The summed E-state index contributed by atoms with van der Waals surface area (Å²) in [5.41, 5.74) is 5.48. The van der Waals surface area contributed by atoms with Gasteiger partial charge in [-0.2, -0.15) is 5.10 Å². The van der Waals surface area contributed by atoms with E-state index in [-0.39, 0.29) is 22.9 Å². The standard InChI is InChI=1S/C10H9N5O4/c1-5-6(10(16)17)4-14(13-5)8-3-2-7(15(18)19)9(11)12-8/h2-4H,1H3,(H2,11,12)(H,16,17). The van der Waals surface area contributed by atoms with E-state index in [1.807, 2.05) is 0 Å². The maximum atomic E-state index is 10.9. The summed E-state index contributed by atoms with van der Waals surface area (Å²) in [4.78, 5) is 24.7. The van der Waals surface area contributed by atoms with Gasteiger partial charge in [0.1, 0.15) is 5.56 Å². The van der Waals surface area contributed by atoms with E-state index in [0.717, 1.165) is 0 Å². The zero-order valence-electron chi connectivity index (χ0n) is 9.77. The quantitative estimate of drug-likeness (QED) is 0.615. The molecule has 0 aliphatic carbocycles. The van der Waals surface area contributed by atoms with Crippen LogP contribution in [0.25, 0.3) is 5.82 Å². The van der Waals surface area contributed by atoms with E-state index in [4.69, 9.17) is 10.8 Å². The van der Waals surface area contributed by atoms with E-state index in [0.29, 0.717) is 5.69 Å². The Bertz CT molecular complexity index is 679. The predicted molar refractivity (Wildman–Crippen MR) is 64.1 cm³/mol. The highest BCUT2D eigenvalue weighted by molar-refractivity contribution is 5.88. The Labute approximate surface area is 106 Å². The van der Waals surface area contributed by atoms with Crippen LogP contribution in [0.5, 0.6) is 0 Å². The summed E-state index contributed by atoms with van der Waals surface area (Å²) < 4.78 is 1.21. The second-order valence-electron chi connectivity index (χ2n) is 3.71. The van der Waals surface area contributed by atoms with Crippen LogP contribution in [-0.2, 0) is 0 Å². The van der Waals surface area contributed by atoms with Crippen molar-refractivity contribution in [3.05, 3.63) is 39.7 Å². The van der Waals surface area contributed by atoms with Crippen molar-refractivity contribution >= 4 is 17.5 Å². The van der Waals surface area contributed by atoms with Crippen LogP contribution in [0, 0.1) is 17.0 Å². The number of nitro groups is 1. The molecule has 0 amide bonds. The zero-order valence-corrected chi connectivity index (χ0v) is 9.77. The van der Waals surface area contributed by atoms with E-state index in [2.05, 4.69) is 10.1 Å². The molecule has 0 aromatic carbocycles. The number of aromatic nitrogens is 3. The number of aryl methyl sites for hydroxylation is 1. The van der Waals surface area contributed by atoms with E-state index in [1.54, 1.807) is 0 Å². The molecule has 3 N–H and O–H groups in total. The number of aromatic carboxylic acids is 1. The first kappa shape index (κ1) is 12.5. The van der Waals surface area contributed by atoms with E-state index in [9.17, 15) is 14.9 Å². The fourth-order valence-electron chi connectivity index (χ4n) is 1.53. The number of carboxylic acids is 1. The first-order chi connectivity index (χ1) is 8.90. The summed E-state index contributed by atoms with van der Waals surface area (Å²) in [7, 11) is 0. The molecule has 0 atom stereocenters. The van der Waals surface area contributed by atoms with Crippen LogP contribution in [0.1, 0.15) is 16.1 Å². The van der Waals surface area contributed by atoms with Crippen molar-refractivity contribution in [2.45, 2.75) is 6.92 Å². The van der Waals surface area contributed by atoms with E-state index < -0.39 is 10.9 Å². The van der Waals surface area contributed by atoms with Crippen LogP contribution in [0.2, 0.25) is 0 Å². The number of carbonyl (C=O) groups is 1. The molecule has 0 radical (unpaired) electrons. The maximum Gasteiger partial charge on any atom is 0.339 e. The van der Waals surface area contributed by atoms with Crippen LogP contribution in [0.4, 0.5) is 11.5 Å². The van der Waals surface area contributed by atoms with Crippen molar-refractivity contribution in [3.63, 3.8) is 0 Å². The van der Waals surface area contributed by atoms with Crippen molar-refractivity contribution < 1.29 is 14.8 Å². The first-order valence-corrected chi connectivity index (χ1v) is 5.11. The third-order valence-electron chi connectivity index (χ3n) is 2.45. The molecule has 2 rings (SSSR count). The van der Waals surface area contributed by atoms with Gasteiger partial charge in [0.05, 0.1) is 10.6 Å². The summed E-state index contributed by atoms with van der Waals surface area (Å²) in [6, 6.07) is 2.53. The average molecular weight is 263 g/mol. The van der Waals surface area contributed by atoms with Crippen LogP contribution >= 0.6 is 0 Å². The molecule has 0 aliphatic heterocycles. The molecule has 19 heavy (non-hydrogen) atoms. The number of rotatable bonds is 3. The van der Waals surface area contributed by atoms with Crippen LogP contribution < -0.4 is 5.73 Å². The van der Waals surface area contributed by atoms with Gasteiger partial charge in [0.25, 0.3) is 0 Å². The zero-order chi connectivity index (χ0) is 14.2. The largest absolute Gasteiger partial charge is 0.478 e. The number of pyridine rings is 1. The Kier molecular flexibility index (Phi) is 2.87. The molecule has 2 aromatic heterocycles. The van der Waals surface area contributed by atoms with Crippen molar-refractivity contribution in [2.24, 2.45) is 0 Å². The molecule has 9 heteroatoms. The molecule has 9 nitrogen and oxygen atoms in total.